The van der Waals surface area contributed by atoms with E-state index >= 15 is 0 Å². The van der Waals surface area contributed by atoms with E-state index in [1.165, 1.54) is 24.5 Å². The average Bonchev–Trinajstić information content (AvgIpc) is 2.85. The number of aromatic nitrogens is 2. The van der Waals surface area contributed by atoms with E-state index in [1.54, 1.807) is 17.0 Å². The first-order chi connectivity index (χ1) is 10.6. The fraction of sp³-hybridized carbons (Fsp3) is 0.267. The molecular formula is C15H14ClFN4O. The summed E-state index contributed by atoms with van der Waals surface area (Å²) in [4.78, 5) is 22.1. The molecule has 1 saturated heterocycles. The summed E-state index contributed by atoms with van der Waals surface area (Å²) < 4.78 is 12.9. The fourth-order valence-electron chi connectivity index (χ4n) is 2.38. The van der Waals surface area contributed by atoms with Crippen LogP contribution in [0.4, 0.5) is 10.3 Å². The minimum atomic E-state index is -0.346. The zero-order chi connectivity index (χ0) is 15.5. The minimum absolute atomic E-state index is 0.0112. The lowest BCUT2D eigenvalue weighted by molar-refractivity contribution is -0.128. The third-order valence-corrected chi connectivity index (χ3v) is 3.70. The van der Waals surface area contributed by atoms with Crippen LogP contribution in [-0.2, 0) is 11.3 Å². The van der Waals surface area contributed by atoms with Crippen molar-refractivity contribution < 1.29 is 9.18 Å². The fourth-order valence-corrected chi connectivity index (χ4v) is 2.48. The van der Waals surface area contributed by atoms with Gasteiger partial charge in [-0.05, 0) is 24.1 Å². The van der Waals surface area contributed by atoms with E-state index in [-0.39, 0.29) is 17.8 Å². The Hall–Kier alpha value is -2.21. The first-order valence-electron chi connectivity index (χ1n) is 6.89. The van der Waals surface area contributed by atoms with Gasteiger partial charge in [-0.3, -0.25) is 4.79 Å². The summed E-state index contributed by atoms with van der Waals surface area (Å²) in [7, 11) is 0. The average molecular weight is 321 g/mol. The van der Waals surface area contributed by atoms with Crippen LogP contribution in [0, 0.1) is 5.82 Å². The number of rotatable bonds is 4. The molecule has 1 aromatic heterocycles. The molecule has 7 heteroatoms. The molecule has 0 spiro atoms. The molecule has 1 N–H and O–H groups in total. The van der Waals surface area contributed by atoms with Crippen molar-refractivity contribution in [2.75, 3.05) is 11.9 Å². The Morgan fingerprint density at radius 1 is 1.27 bits per heavy atom. The summed E-state index contributed by atoms with van der Waals surface area (Å²) in [6.45, 7) is 1.11. The van der Waals surface area contributed by atoms with Gasteiger partial charge in [0.15, 0.2) is 0 Å². The van der Waals surface area contributed by atoms with E-state index in [9.17, 15) is 9.18 Å². The Morgan fingerprint density at radius 3 is 2.64 bits per heavy atom. The van der Waals surface area contributed by atoms with Gasteiger partial charge >= 0.3 is 0 Å². The molecule has 0 saturated carbocycles. The number of hydrogen-bond acceptors (Lipinski definition) is 4. The van der Waals surface area contributed by atoms with Crippen LogP contribution >= 0.6 is 11.6 Å². The van der Waals surface area contributed by atoms with Crippen LogP contribution in [0.25, 0.3) is 0 Å². The van der Waals surface area contributed by atoms with E-state index in [2.05, 4.69) is 15.3 Å². The maximum absolute atomic E-state index is 12.9. The standard InChI is InChI=1S/C15H14ClFN4O/c16-11-7-18-15(19-8-11)20-13-5-6-21(14(13)22)9-10-1-3-12(17)4-2-10/h1-4,7-8,13H,5-6,9H2,(H,18,19,20). The van der Waals surface area contributed by atoms with Crippen molar-refractivity contribution in [3.8, 4) is 0 Å². The van der Waals surface area contributed by atoms with Crippen LogP contribution in [0.15, 0.2) is 36.7 Å². The van der Waals surface area contributed by atoms with Crippen molar-refractivity contribution in [3.05, 3.63) is 53.1 Å². The molecule has 22 heavy (non-hydrogen) atoms. The molecule has 2 heterocycles. The first kappa shape index (κ1) is 14.7. The van der Waals surface area contributed by atoms with Crippen molar-refractivity contribution in [1.29, 1.82) is 0 Å². The Morgan fingerprint density at radius 2 is 1.95 bits per heavy atom. The molecule has 114 valence electrons. The van der Waals surface area contributed by atoms with Gasteiger partial charge in [0.25, 0.3) is 0 Å². The molecule has 2 aromatic rings. The molecule has 5 nitrogen and oxygen atoms in total. The summed E-state index contributed by atoms with van der Waals surface area (Å²) in [6.07, 6.45) is 3.63. The van der Waals surface area contributed by atoms with E-state index in [4.69, 9.17) is 11.6 Å². The van der Waals surface area contributed by atoms with Crippen LogP contribution < -0.4 is 5.32 Å². The number of carbonyl (C=O) groups excluding carboxylic acids is 1. The van der Waals surface area contributed by atoms with Crippen LogP contribution in [-0.4, -0.2) is 33.4 Å². The van der Waals surface area contributed by atoms with Gasteiger partial charge in [0.2, 0.25) is 11.9 Å². The second kappa shape index (κ2) is 6.27. The highest BCUT2D eigenvalue weighted by molar-refractivity contribution is 6.30. The largest absolute Gasteiger partial charge is 0.342 e. The van der Waals surface area contributed by atoms with Gasteiger partial charge in [0.1, 0.15) is 11.9 Å². The van der Waals surface area contributed by atoms with Crippen LogP contribution in [0.2, 0.25) is 5.02 Å². The highest BCUT2D eigenvalue weighted by Gasteiger charge is 2.31. The first-order valence-corrected chi connectivity index (χ1v) is 7.27. The van der Waals surface area contributed by atoms with E-state index in [0.717, 1.165) is 5.56 Å². The monoisotopic (exact) mass is 320 g/mol. The smallest absolute Gasteiger partial charge is 0.245 e. The molecule has 0 aliphatic carbocycles. The highest BCUT2D eigenvalue weighted by atomic mass is 35.5. The number of benzene rings is 1. The molecular weight excluding hydrogens is 307 g/mol. The minimum Gasteiger partial charge on any atom is -0.342 e. The van der Waals surface area contributed by atoms with E-state index in [0.29, 0.717) is 30.5 Å². The summed E-state index contributed by atoms with van der Waals surface area (Å²) >= 11 is 5.73. The lowest BCUT2D eigenvalue weighted by Crippen LogP contribution is -2.33. The second-order valence-electron chi connectivity index (χ2n) is 5.10. The number of amides is 1. The number of halogens is 2. The number of carbonyl (C=O) groups is 1. The van der Waals surface area contributed by atoms with Gasteiger partial charge < -0.3 is 10.2 Å². The quantitative estimate of drug-likeness (QED) is 0.940. The van der Waals surface area contributed by atoms with Gasteiger partial charge in [-0.15, -0.1) is 0 Å². The zero-order valence-electron chi connectivity index (χ0n) is 11.7. The van der Waals surface area contributed by atoms with Crippen LogP contribution in [0.3, 0.4) is 0 Å². The molecule has 1 amide bonds. The molecule has 1 aromatic carbocycles. The van der Waals surface area contributed by atoms with Gasteiger partial charge in [0, 0.05) is 13.1 Å². The molecule has 1 unspecified atom stereocenters. The lowest BCUT2D eigenvalue weighted by atomic mass is 10.2. The molecule has 0 radical (unpaired) electrons. The second-order valence-corrected chi connectivity index (χ2v) is 5.53. The molecule has 1 aliphatic rings. The Labute approximate surface area is 132 Å². The van der Waals surface area contributed by atoms with Gasteiger partial charge in [-0.2, -0.15) is 0 Å². The van der Waals surface area contributed by atoms with E-state index in [1.807, 2.05) is 0 Å². The van der Waals surface area contributed by atoms with Gasteiger partial charge in [-0.1, -0.05) is 23.7 Å². The number of anilines is 1. The lowest BCUT2D eigenvalue weighted by Gasteiger charge is -2.17. The highest BCUT2D eigenvalue weighted by Crippen LogP contribution is 2.18. The van der Waals surface area contributed by atoms with Crippen LogP contribution in [0.1, 0.15) is 12.0 Å². The van der Waals surface area contributed by atoms with Crippen molar-refractivity contribution in [2.45, 2.75) is 19.0 Å². The topological polar surface area (TPSA) is 58.1 Å². The number of likely N-dealkylation sites (tertiary alicyclic amines) is 1. The molecule has 1 atom stereocenters. The van der Waals surface area contributed by atoms with E-state index < -0.39 is 0 Å². The van der Waals surface area contributed by atoms with Gasteiger partial charge in [-0.25, -0.2) is 14.4 Å². The summed E-state index contributed by atoms with van der Waals surface area (Å²) in [5, 5.41) is 3.46. The van der Waals surface area contributed by atoms with Crippen LogP contribution in [0.5, 0.6) is 0 Å². The molecule has 1 fully saturated rings. The summed E-state index contributed by atoms with van der Waals surface area (Å²) in [5.74, 6) is 0.0881. The zero-order valence-corrected chi connectivity index (χ0v) is 12.4. The third-order valence-electron chi connectivity index (χ3n) is 3.51. The summed E-state index contributed by atoms with van der Waals surface area (Å²) in [5.41, 5.74) is 0.901. The molecule has 1 aliphatic heterocycles. The SMILES string of the molecule is O=C1C(Nc2ncc(Cl)cn2)CCN1Cc1ccc(F)cc1. The van der Waals surface area contributed by atoms with Crippen molar-refractivity contribution in [3.63, 3.8) is 0 Å². The molecule has 0 bridgehead atoms. The number of nitrogens with zero attached hydrogens (tertiary/aromatic N) is 3. The summed E-state index contributed by atoms with van der Waals surface area (Å²) in [6, 6.07) is 5.82. The third kappa shape index (κ3) is 3.33. The normalized spacial score (nSPS) is 17.8. The Bertz CT molecular complexity index is 605. The predicted octanol–water partition coefficient (Wildman–Crippen LogP) is 2.48. The Balaban J connectivity index is 1.62. The predicted molar refractivity (Wildman–Crippen MR) is 80.9 cm³/mol. The Kier molecular flexibility index (Phi) is 4.20. The maximum Gasteiger partial charge on any atom is 0.245 e. The number of hydrogen-bond donors (Lipinski definition) is 1. The van der Waals surface area contributed by atoms with Crippen molar-refractivity contribution in [1.82, 2.24) is 14.9 Å². The van der Waals surface area contributed by atoms with Crippen molar-refractivity contribution >= 4 is 23.5 Å². The maximum atomic E-state index is 12.9. The van der Waals surface area contributed by atoms with Crippen molar-refractivity contribution in [2.24, 2.45) is 0 Å². The number of nitrogens with one attached hydrogen (secondary N) is 1. The molecule has 3 rings (SSSR count). The van der Waals surface area contributed by atoms with Gasteiger partial charge in [0.05, 0.1) is 17.4 Å².